The average Bonchev–Trinajstić information content (AvgIpc) is 3.62. The molecule has 4 unspecified atom stereocenters. The number of rotatable bonds is 10. The molecular weight excluding hydrogens is 540 g/mol. The Morgan fingerprint density at radius 2 is 1.93 bits per heavy atom. The zero-order valence-electron chi connectivity index (χ0n) is 25.7. The molecule has 0 aromatic heterocycles. The number of methoxy groups -OCH3 is 1. The van der Waals surface area contributed by atoms with Crippen molar-refractivity contribution >= 4 is 18.2 Å². The number of ether oxygens (including phenoxy) is 4. The molecule has 3 saturated carbocycles. The van der Waals surface area contributed by atoms with Crippen molar-refractivity contribution in [1.29, 1.82) is 0 Å². The Morgan fingerprint density at radius 3 is 2.52 bits per heavy atom. The van der Waals surface area contributed by atoms with Crippen molar-refractivity contribution < 1.29 is 43.5 Å². The summed E-state index contributed by atoms with van der Waals surface area (Å²) in [6.07, 6.45) is 5.48. The molecule has 0 spiro atoms. The van der Waals surface area contributed by atoms with Gasteiger partial charge in [0.2, 0.25) is 0 Å². The molecule has 42 heavy (non-hydrogen) atoms. The Morgan fingerprint density at radius 1 is 1.21 bits per heavy atom. The number of aldehydes is 1. The van der Waals surface area contributed by atoms with E-state index in [9.17, 15) is 24.6 Å². The molecule has 0 aromatic rings. The van der Waals surface area contributed by atoms with E-state index in [0.717, 1.165) is 24.7 Å². The maximum Gasteiger partial charge on any atom is 0.334 e. The molecule has 4 aliphatic carbocycles. The number of hydrogen-bond acceptors (Lipinski definition) is 8. The molecule has 9 nitrogen and oxygen atoms in total. The minimum Gasteiger partial charge on any atom is -0.481 e. The van der Waals surface area contributed by atoms with Crippen LogP contribution in [-0.2, 0) is 33.3 Å². The van der Waals surface area contributed by atoms with Gasteiger partial charge in [-0.2, -0.15) is 0 Å². The summed E-state index contributed by atoms with van der Waals surface area (Å²) < 4.78 is 23.9. The predicted molar refractivity (Wildman–Crippen MR) is 153 cm³/mol. The molecule has 4 fully saturated rings. The molecule has 1 saturated heterocycles. The third kappa shape index (κ3) is 3.85. The third-order valence-corrected chi connectivity index (χ3v) is 11.4. The fourth-order valence-corrected chi connectivity index (χ4v) is 10.1. The van der Waals surface area contributed by atoms with Crippen LogP contribution in [0.15, 0.2) is 35.5 Å². The summed E-state index contributed by atoms with van der Waals surface area (Å²) in [7, 11) is 1.46. The zero-order valence-corrected chi connectivity index (χ0v) is 25.7. The second kappa shape index (κ2) is 11.0. The first kappa shape index (κ1) is 31.1. The summed E-state index contributed by atoms with van der Waals surface area (Å²) in [5.41, 5.74) is -2.06. The zero-order chi connectivity index (χ0) is 30.8. The van der Waals surface area contributed by atoms with E-state index in [-0.39, 0.29) is 36.2 Å². The molecule has 0 aromatic carbocycles. The molecule has 5 rings (SSSR count). The molecular formula is C33H46O9. The van der Waals surface area contributed by atoms with Crippen molar-refractivity contribution in [3.05, 3.63) is 35.5 Å². The molecule has 0 radical (unpaired) electrons. The highest BCUT2D eigenvalue weighted by Crippen LogP contribution is 2.87. The lowest BCUT2D eigenvalue weighted by Crippen LogP contribution is -2.60. The quantitative estimate of drug-likeness (QED) is 0.128. The van der Waals surface area contributed by atoms with Crippen molar-refractivity contribution in [2.24, 2.45) is 45.8 Å². The van der Waals surface area contributed by atoms with Crippen LogP contribution < -0.4 is 0 Å². The average molecular weight is 587 g/mol. The number of hydrogen-bond donors (Lipinski definition) is 2. The van der Waals surface area contributed by atoms with Gasteiger partial charge >= 0.3 is 11.9 Å². The van der Waals surface area contributed by atoms with Crippen molar-refractivity contribution in [1.82, 2.24) is 0 Å². The van der Waals surface area contributed by atoms with Gasteiger partial charge in [-0.15, -0.1) is 0 Å². The molecule has 9 heteroatoms. The molecule has 5 aliphatic rings. The van der Waals surface area contributed by atoms with E-state index in [1.165, 1.54) is 7.11 Å². The van der Waals surface area contributed by atoms with Gasteiger partial charge in [-0.3, -0.25) is 4.79 Å². The number of aliphatic hydroxyl groups excluding tert-OH is 1. The van der Waals surface area contributed by atoms with Gasteiger partial charge in [0.05, 0.1) is 18.1 Å². The SMILES string of the molecule is C/C=C/C=C(/C)C(=O)O[C@H]1[C@H](O)[C@H](OCC23C4C=C(C(C)C)C2(C(=O)O)C(C=O)(C4)[C@@H]2CC[C@@H](C)[C@H]23)O[C@H](C)[C@H]1OC. The molecule has 0 amide bonds. The minimum atomic E-state index is -1.38. The predicted octanol–water partition coefficient (Wildman–Crippen LogP) is 4.09. The number of aliphatic carboxylic acids is 1. The Hall–Kier alpha value is -2.33. The van der Waals surface area contributed by atoms with E-state index in [4.69, 9.17) is 18.9 Å². The highest BCUT2D eigenvalue weighted by molar-refractivity contribution is 5.91. The largest absolute Gasteiger partial charge is 0.481 e. The number of allylic oxidation sites excluding steroid dienone is 4. The number of fused-ring (bicyclic) bond motifs is 2. The molecule has 4 bridgehead atoms. The fourth-order valence-electron chi connectivity index (χ4n) is 10.1. The molecule has 12 atom stereocenters. The van der Waals surface area contributed by atoms with E-state index < -0.39 is 58.9 Å². The topological polar surface area (TPSA) is 129 Å². The van der Waals surface area contributed by atoms with Crippen LogP contribution in [0.2, 0.25) is 0 Å². The fraction of sp³-hybridized carbons (Fsp3) is 0.727. The highest BCUT2D eigenvalue weighted by atomic mass is 16.7. The van der Waals surface area contributed by atoms with Crippen LogP contribution in [0.5, 0.6) is 0 Å². The molecule has 2 N–H and O–H groups in total. The van der Waals surface area contributed by atoms with Gasteiger partial charge in [0, 0.05) is 18.1 Å². The Kier molecular flexibility index (Phi) is 8.14. The number of carbonyl (C=O) groups excluding carboxylic acids is 2. The molecule has 1 heterocycles. The van der Waals surface area contributed by atoms with Crippen LogP contribution in [0.4, 0.5) is 0 Å². The standard InChI is InChI=1S/C33H46O9/c1-8-9-10-19(5)28(36)42-27-25(35)29(41-20(6)26(27)39-7)40-16-32-21-13-23(17(2)3)33(32,30(37)38)31(14-21,15-34)22-12-11-18(4)24(22)32/h8-10,13,15,17-18,20-22,24-27,29,35H,11-12,14,16H2,1-7H3,(H,37,38)/b9-8+,19-10-/t18-,20-,21?,22-,24-,25+,26-,27+,29-,31?,32?,33?/m1/s1. The first-order valence-corrected chi connectivity index (χ1v) is 15.3. The lowest BCUT2D eigenvalue weighted by Gasteiger charge is -2.48. The second-order valence-corrected chi connectivity index (χ2v) is 13.5. The minimum absolute atomic E-state index is 0.00473. The number of carbonyl (C=O) groups is 3. The van der Waals surface area contributed by atoms with Gasteiger partial charge in [-0.1, -0.05) is 57.1 Å². The van der Waals surface area contributed by atoms with Crippen LogP contribution in [-0.4, -0.2) is 72.9 Å². The summed E-state index contributed by atoms with van der Waals surface area (Å²) >= 11 is 0. The van der Waals surface area contributed by atoms with E-state index in [1.54, 1.807) is 32.1 Å². The highest BCUT2D eigenvalue weighted by Gasteiger charge is 2.89. The smallest absolute Gasteiger partial charge is 0.334 e. The van der Waals surface area contributed by atoms with Crippen molar-refractivity contribution in [2.45, 2.75) is 91.5 Å². The van der Waals surface area contributed by atoms with Crippen LogP contribution in [0, 0.1) is 45.8 Å². The Bertz CT molecular complexity index is 1200. The number of carboxylic acids is 1. The van der Waals surface area contributed by atoms with Crippen molar-refractivity contribution in [3.8, 4) is 0 Å². The number of aliphatic hydroxyl groups is 1. The van der Waals surface area contributed by atoms with E-state index in [1.807, 2.05) is 20.8 Å². The second-order valence-electron chi connectivity index (χ2n) is 13.5. The summed E-state index contributed by atoms with van der Waals surface area (Å²) in [6, 6.07) is 0. The van der Waals surface area contributed by atoms with Gasteiger partial charge in [0.1, 0.15) is 23.9 Å². The van der Waals surface area contributed by atoms with E-state index in [0.29, 0.717) is 12.0 Å². The van der Waals surface area contributed by atoms with E-state index in [2.05, 4.69) is 13.0 Å². The van der Waals surface area contributed by atoms with Gasteiger partial charge in [0.25, 0.3) is 0 Å². The Labute approximate surface area is 248 Å². The van der Waals surface area contributed by atoms with Crippen LogP contribution in [0.3, 0.4) is 0 Å². The van der Waals surface area contributed by atoms with Crippen LogP contribution in [0.25, 0.3) is 0 Å². The molecule has 1 aliphatic heterocycles. The normalized spacial score (nSPS) is 45.9. The monoisotopic (exact) mass is 586 g/mol. The lowest BCUT2D eigenvalue weighted by molar-refractivity contribution is -0.307. The maximum absolute atomic E-state index is 13.6. The number of carboxylic acid groups (broad SMARTS) is 1. The van der Waals surface area contributed by atoms with Crippen molar-refractivity contribution in [2.75, 3.05) is 13.7 Å². The number of esters is 1. The van der Waals surface area contributed by atoms with Crippen LogP contribution in [0.1, 0.15) is 60.8 Å². The van der Waals surface area contributed by atoms with Crippen molar-refractivity contribution in [3.63, 3.8) is 0 Å². The summed E-state index contributed by atoms with van der Waals surface area (Å²) in [4.78, 5) is 39.6. The summed E-state index contributed by atoms with van der Waals surface area (Å²) in [6.45, 7) is 11.4. The lowest BCUT2D eigenvalue weighted by atomic mass is 9.55. The van der Waals surface area contributed by atoms with Gasteiger partial charge in [0.15, 0.2) is 12.4 Å². The van der Waals surface area contributed by atoms with Gasteiger partial charge in [-0.05, 0) is 63.2 Å². The van der Waals surface area contributed by atoms with Crippen LogP contribution >= 0.6 is 0 Å². The van der Waals surface area contributed by atoms with Gasteiger partial charge in [-0.25, -0.2) is 4.79 Å². The molecule has 232 valence electrons. The summed E-state index contributed by atoms with van der Waals surface area (Å²) in [5, 5.41) is 22.6. The van der Waals surface area contributed by atoms with E-state index >= 15 is 0 Å². The maximum atomic E-state index is 13.6. The first-order chi connectivity index (χ1) is 19.9. The third-order valence-electron chi connectivity index (χ3n) is 11.4. The summed E-state index contributed by atoms with van der Waals surface area (Å²) in [5.74, 6) is -1.61. The van der Waals surface area contributed by atoms with Gasteiger partial charge < -0.3 is 34.0 Å². The Balaban J connectivity index is 1.49. The first-order valence-electron chi connectivity index (χ1n) is 15.3.